The van der Waals surface area contributed by atoms with Crippen LogP contribution in [0.3, 0.4) is 0 Å². The number of rotatable bonds is 13. The summed E-state index contributed by atoms with van der Waals surface area (Å²) in [4.78, 5) is 11.5. The Labute approximate surface area is 134 Å². The number of carbonyl (C=O) groups is 1. The van der Waals surface area contributed by atoms with Crippen molar-refractivity contribution >= 4 is 5.97 Å². The lowest BCUT2D eigenvalue weighted by molar-refractivity contribution is -0.169. The molecule has 0 amide bonds. The van der Waals surface area contributed by atoms with Crippen LogP contribution in [-0.4, -0.2) is 45.3 Å². The minimum atomic E-state index is -0.119. The number of hydrogen-bond acceptors (Lipinski definition) is 5. The number of unbranched alkanes of at least 4 members (excludes halogenated alkanes) is 4. The van der Waals surface area contributed by atoms with Crippen LogP contribution in [0.5, 0.6) is 0 Å². The van der Waals surface area contributed by atoms with Crippen molar-refractivity contribution in [3.05, 3.63) is 0 Å². The van der Waals surface area contributed by atoms with Crippen LogP contribution in [0.15, 0.2) is 0 Å². The first kappa shape index (κ1) is 19.4. The maximum atomic E-state index is 11.5. The van der Waals surface area contributed by atoms with Crippen molar-refractivity contribution in [2.24, 2.45) is 0 Å². The molecule has 0 saturated carbocycles. The van der Waals surface area contributed by atoms with E-state index in [9.17, 15) is 4.79 Å². The molecular formula is C17H32O5. The molecule has 1 rings (SSSR count). The molecule has 1 aliphatic rings. The van der Waals surface area contributed by atoms with E-state index in [0.717, 1.165) is 32.3 Å². The van der Waals surface area contributed by atoms with Gasteiger partial charge >= 0.3 is 5.97 Å². The number of esters is 1. The number of ether oxygens (including phenoxy) is 4. The van der Waals surface area contributed by atoms with Crippen LogP contribution < -0.4 is 0 Å². The van der Waals surface area contributed by atoms with Gasteiger partial charge in [0.2, 0.25) is 0 Å². The molecule has 130 valence electrons. The van der Waals surface area contributed by atoms with Crippen molar-refractivity contribution in [2.45, 2.75) is 71.0 Å². The van der Waals surface area contributed by atoms with E-state index in [0.29, 0.717) is 32.8 Å². The molecule has 0 aromatic carbocycles. The fourth-order valence-corrected chi connectivity index (χ4v) is 2.34. The standard InChI is InChI=1S/C17H32O5/c1-2-3-4-5-6-9-16(18)20-14-12-19-13-15-22-17-10-7-8-11-21-17/h17H,2-15H2,1H3. The molecule has 5 heteroatoms. The second kappa shape index (κ2) is 14.0. The molecule has 1 unspecified atom stereocenters. The summed E-state index contributed by atoms with van der Waals surface area (Å²) in [6, 6.07) is 0. The molecule has 0 aromatic heterocycles. The molecule has 0 spiro atoms. The summed E-state index contributed by atoms with van der Waals surface area (Å²) >= 11 is 0. The molecule has 1 atom stereocenters. The molecule has 0 aromatic rings. The van der Waals surface area contributed by atoms with E-state index < -0.39 is 0 Å². The van der Waals surface area contributed by atoms with Gasteiger partial charge in [-0.25, -0.2) is 0 Å². The molecule has 0 N–H and O–H groups in total. The highest BCUT2D eigenvalue weighted by Crippen LogP contribution is 2.13. The van der Waals surface area contributed by atoms with E-state index >= 15 is 0 Å². The van der Waals surface area contributed by atoms with E-state index in [1.54, 1.807) is 0 Å². The van der Waals surface area contributed by atoms with E-state index in [2.05, 4.69) is 6.92 Å². The first-order valence-corrected chi connectivity index (χ1v) is 8.79. The number of hydrogen-bond donors (Lipinski definition) is 0. The van der Waals surface area contributed by atoms with Gasteiger partial charge in [-0.15, -0.1) is 0 Å². The van der Waals surface area contributed by atoms with Crippen LogP contribution >= 0.6 is 0 Å². The van der Waals surface area contributed by atoms with Crippen LogP contribution in [-0.2, 0) is 23.7 Å². The lowest BCUT2D eigenvalue weighted by Gasteiger charge is -2.22. The molecule has 0 radical (unpaired) electrons. The molecule has 1 fully saturated rings. The van der Waals surface area contributed by atoms with Crippen molar-refractivity contribution < 1.29 is 23.7 Å². The van der Waals surface area contributed by atoms with Gasteiger partial charge in [0.15, 0.2) is 6.29 Å². The van der Waals surface area contributed by atoms with Gasteiger partial charge in [-0.05, 0) is 25.7 Å². The van der Waals surface area contributed by atoms with Crippen LogP contribution in [0.2, 0.25) is 0 Å². The third-order valence-corrected chi connectivity index (χ3v) is 3.64. The summed E-state index contributed by atoms with van der Waals surface area (Å²) in [5.74, 6) is -0.119. The van der Waals surface area contributed by atoms with E-state index in [-0.39, 0.29) is 12.3 Å². The Kier molecular flexibility index (Phi) is 12.3. The Balaban J connectivity index is 1.79. The van der Waals surface area contributed by atoms with Crippen molar-refractivity contribution in [1.82, 2.24) is 0 Å². The zero-order valence-electron chi connectivity index (χ0n) is 14.0. The second-order valence-corrected chi connectivity index (χ2v) is 5.66. The van der Waals surface area contributed by atoms with Crippen molar-refractivity contribution in [3.8, 4) is 0 Å². The highest BCUT2D eigenvalue weighted by Gasteiger charge is 2.13. The lowest BCUT2D eigenvalue weighted by Crippen LogP contribution is -2.24. The summed E-state index contributed by atoms with van der Waals surface area (Å²) in [6.45, 7) is 4.76. The average Bonchev–Trinajstić information content (AvgIpc) is 2.55. The van der Waals surface area contributed by atoms with E-state index in [4.69, 9.17) is 18.9 Å². The summed E-state index contributed by atoms with van der Waals surface area (Å²) in [5, 5.41) is 0. The van der Waals surface area contributed by atoms with Gasteiger partial charge in [-0.2, -0.15) is 0 Å². The van der Waals surface area contributed by atoms with Gasteiger partial charge < -0.3 is 18.9 Å². The monoisotopic (exact) mass is 316 g/mol. The third kappa shape index (κ3) is 11.0. The topological polar surface area (TPSA) is 54.0 Å². The normalized spacial score (nSPS) is 18.3. The fraction of sp³-hybridized carbons (Fsp3) is 0.941. The maximum absolute atomic E-state index is 11.5. The van der Waals surface area contributed by atoms with E-state index in [1.165, 1.54) is 25.7 Å². The Bertz CT molecular complexity index is 264. The van der Waals surface area contributed by atoms with Crippen molar-refractivity contribution in [3.63, 3.8) is 0 Å². The maximum Gasteiger partial charge on any atom is 0.305 e. The predicted molar refractivity (Wildman–Crippen MR) is 84.7 cm³/mol. The fourth-order valence-electron chi connectivity index (χ4n) is 2.34. The largest absolute Gasteiger partial charge is 0.463 e. The Morgan fingerprint density at radius 1 is 1.05 bits per heavy atom. The Hall–Kier alpha value is -0.650. The first-order valence-electron chi connectivity index (χ1n) is 8.79. The van der Waals surface area contributed by atoms with Crippen molar-refractivity contribution in [1.29, 1.82) is 0 Å². The zero-order valence-corrected chi connectivity index (χ0v) is 14.0. The Morgan fingerprint density at radius 2 is 1.86 bits per heavy atom. The van der Waals surface area contributed by atoms with Gasteiger partial charge in [-0.1, -0.05) is 32.6 Å². The van der Waals surface area contributed by atoms with Crippen LogP contribution in [0, 0.1) is 0 Å². The predicted octanol–water partition coefficient (Wildman–Crippen LogP) is 3.45. The number of carbonyl (C=O) groups excluding carboxylic acids is 1. The van der Waals surface area contributed by atoms with Gasteiger partial charge in [0.1, 0.15) is 6.61 Å². The first-order chi connectivity index (χ1) is 10.8. The highest BCUT2D eigenvalue weighted by atomic mass is 16.7. The zero-order chi connectivity index (χ0) is 15.9. The minimum Gasteiger partial charge on any atom is -0.463 e. The summed E-state index contributed by atoms with van der Waals surface area (Å²) in [6.07, 6.45) is 9.42. The van der Waals surface area contributed by atoms with Gasteiger partial charge in [0.25, 0.3) is 0 Å². The molecule has 0 bridgehead atoms. The Morgan fingerprint density at radius 3 is 2.64 bits per heavy atom. The lowest BCUT2D eigenvalue weighted by atomic mass is 10.1. The molecule has 0 aliphatic carbocycles. The SMILES string of the molecule is CCCCCCCC(=O)OCCOCCOC1CCCCO1. The summed E-state index contributed by atoms with van der Waals surface area (Å²) in [5.41, 5.74) is 0. The molecule has 1 aliphatic heterocycles. The van der Waals surface area contributed by atoms with Crippen LogP contribution in [0.1, 0.15) is 64.7 Å². The highest BCUT2D eigenvalue weighted by molar-refractivity contribution is 5.69. The van der Waals surface area contributed by atoms with Crippen molar-refractivity contribution in [2.75, 3.05) is 33.0 Å². The van der Waals surface area contributed by atoms with Crippen LogP contribution in [0.25, 0.3) is 0 Å². The molecular weight excluding hydrogens is 284 g/mol. The van der Waals surface area contributed by atoms with Gasteiger partial charge in [-0.3, -0.25) is 4.79 Å². The van der Waals surface area contributed by atoms with E-state index in [1.807, 2.05) is 0 Å². The third-order valence-electron chi connectivity index (χ3n) is 3.64. The minimum absolute atomic E-state index is 0.0668. The second-order valence-electron chi connectivity index (χ2n) is 5.66. The van der Waals surface area contributed by atoms with Gasteiger partial charge in [0, 0.05) is 13.0 Å². The molecule has 1 saturated heterocycles. The summed E-state index contributed by atoms with van der Waals surface area (Å²) < 4.78 is 21.5. The average molecular weight is 316 g/mol. The molecule has 1 heterocycles. The smallest absolute Gasteiger partial charge is 0.305 e. The van der Waals surface area contributed by atoms with Crippen LogP contribution in [0.4, 0.5) is 0 Å². The summed E-state index contributed by atoms with van der Waals surface area (Å²) in [7, 11) is 0. The molecule has 5 nitrogen and oxygen atoms in total. The molecule has 22 heavy (non-hydrogen) atoms. The van der Waals surface area contributed by atoms with Gasteiger partial charge in [0.05, 0.1) is 19.8 Å². The quantitative estimate of drug-likeness (QED) is 0.385.